The molecule has 2 aromatic carbocycles. The van der Waals surface area contributed by atoms with E-state index in [9.17, 15) is 14.4 Å². The monoisotopic (exact) mass is 446 g/mol. The van der Waals surface area contributed by atoms with E-state index in [1.165, 1.54) is 0 Å². The summed E-state index contributed by atoms with van der Waals surface area (Å²) < 4.78 is 6.19. The second-order valence-electron chi connectivity index (χ2n) is 5.69. The molecule has 1 aliphatic heterocycles. The van der Waals surface area contributed by atoms with E-state index in [-0.39, 0.29) is 17.8 Å². The van der Waals surface area contributed by atoms with Gasteiger partial charge < -0.3 is 10.1 Å². The fourth-order valence-corrected chi connectivity index (χ4v) is 3.53. The van der Waals surface area contributed by atoms with Gasteiger partial charge in [0, 0.05) is 5.69 Å². The molecule has 2 N–H and O–H groups in total. The predicted molar refractivity (Wildman–Crippen MR) is 109 cm³/mol. The maximum absolute atomic E-state index is 12.1. The van der Waals surface area contributed by atoms with Crippen LogP contribution < -0.4 is 15.4 Å². The van der Waals surface area contributed by atoms with E-state index in [4.69, 9.17) is 4.74 Å². The second kappa shape index (κ2) is 8.41. The van der Waals surface area contributed by atoms with Crippen molar-refractivity contribution in [1.82, 2.24) is 5.32 Å². The summed E-state index contributed by atoms with van der Waals surface area (Å²) in [5.41, 5.74) is 2.44. The summed E-state index contributed by atoms with van der Waals surface area (Å²) in [6, 6.07) is 12.7. The molecule has 0 spiro atoms. The Balaban J connectivity index is 1.62. The van der Waals surface area contributed by atoms with Gasteiger partial charge in [0.2, 0.25) is 0 Å². The molecule has 0 aliphatic carbocycles. The molecular weight excluding hydrogens is 432 g/mol. The van der Waals surface area contributed by atoms with Gasteiger partial charge in [0.15, 0.2) is 6.61 Å². The van der Waals surface area contributed by atoms with Crippen LogP contribution in [-0.4, -0.2) is 23.7 Å². The Morgan fingerprint density at radius 2 is 2.04 bits per heavy atom. The van der Waals surface area contributed by atoms with Gasteiger partial charge in [0.1, 0.15) is 5.75 Å². The average Bonchev–Trinajstić information content (AvgIpc) is 2.93. The number of benzene rings is 2. The van der Waals surface area contributed by atoms with Crippen LogP contribution >= 0.6 is 27.7 Å². The summed E-state index contributed by atoms with van der Waals surface area (Å²) in [5.74, 6) is -0.175. The van der Waals surface area contributed by atoms with Crippen LogP contribution in [0.4, 0.5) is 10.5 Å². The number of hydrogen-bond acceptors (Lipinski definition) is 5. The maximum atomic E-state index is 12.1. The van der Waals surface area contributed by atoms with Crippen LogP contribution in [0.15, 0.2) is 51.8 Å². The Hall–Kier alpha value is -2.58. The largest absolute Gasteiger partial charge is 0.483 e. The zero-order chi connectivity index (χ0) is 19.4. The molecule has 2 aromatic rings. The SMILES string of the molecule is Cc1ccccc1NC(=O)COc1ccc(/C=C2\SC(=O)NC2=O)cc1Br. The Morgan fingerprint density at radius 3 is 2.70 bits per heavy atom. The number of aryl methyl sites for hydroxylation is 1. The summed E-state index contributed by atoms with van der Waals surface area (Å²) >= 11 is 4.25. The van der Waals surface area contributed by atoms with E-state index >= 15 is 0 Å². The Labute approximate surface area is 168 Å². The van der Waals surface area contributed by atoms with Gasteiger partial charge in [0.25, 0.3) is 17.1 Å². The number of halogens is 1. The molecule has 0 atom stereocenters. The van der Waals surface area contributed by atoms with E-state index in [2.05, 4.69) is 26.6 Å². The Bertz CT molecular complexity index is 958. The highest BCUT2D eigenvalue weighted by atomic mass is 79.9. The first-order valence-electron chi connectivity index (χ1n) is 7.95. The van der Waals surface area contributed by atoms with E-state index < -0.39 is 5.91 Å². The molecule has 6 nitrogen and oxygen atoms in total. The van der Waals surface area contributed by atoms with Crippen molar-refractivity contribution in [2.24, 2.45) is 0 Å². The van der Waals surface area contributed by atoms with Crippen molar-refractivity contribution in [3.8, 4) is 5.75 Å². The lowest BCUT2D eigenvalue weighted by Crippen LogP contribution is -2.20. The summed E-state index contributed by atoms with van der Waals surface area (Å²) in [4.78, 5) is 35.2. The number of carbonyl (C=O) groups excluding carboxylic acids is 3. The predicted octanol–water partition coefficient (Wildman–Crippen LogP) is 4.10. The number of rotatable bonds is 5. The zero-order valence-electron chi connectivity index (χ0n) is 14.2. The summed E-state index contributed by atoms with van der Waals surface area (Å²) in [6.45, 7) is 1.77. The van der Waals surface area contributed by atoms with Crippen LogP contribution in [0, 0.1) is 6.92 Å². The topological polar surface area (TPSA) is 84.5 Å². The van der Waals surface area contributed by atoms with Gasteiger partial charge in [-0.25, -0.2) is 0 Å². The van der Waals surface area contributed by atoms with Crippen molar-refractivity contribution in [2.75, 3.05) is 11.9 Å². The van der Waals surface area contributed by atoms with Gasteiger partial charge in [-0.1, -0.05) is 24.3 Å². The Morgan fingerprint density at radius 1 is 1.26 bits per heavy atom. The quantitative estimate of drug-likeness (QED) is 0.675. The highest BCUT2D eigenvalue weighted by Crippen LogP contribution is 2.30. The number of para-hydroxylation sites is 1. The number of anilines is 1. The number of ether oxygens (including phenoxy) is 1. The van der Waals surface area contributed by atoms with E-state index in [1.807, 2.05) is 31.2 Å². The molecule has 138 valence electrons. The maximum Gasteiger partial charge on any atom is 0.290 e. The molecule has 8 heteroatoms. The van der Waals surface area contributed by atoms with Crippen LogP contribution in [0.2, 0.25) is 0 Å². The van der Waals surface area contributed by atoms with Crippen LogP contribution in [0.5, 0.6) is 5.75 Å². The first-order chi connectivity index (χ1) is 12.9. The zero-order valence-corrected chi connectivity index (χ0v) is 16.6. The van der Waals surface area contributed by atoms with Crippen molar-refractivity contribution in [3.05, 3.63) is 63.0 Å². The standard InChI is InChI=1S/C19H15BrN2O4S/c1-11-4-2-3-5-14(11)21-17(23)10-26-15-7-6-12(8-13(15)20)9-16-18(24)22-19(25)27-16/h2-9H,10H2,1H3,(H,21,23)(H,22,24,25)/b16-9-. The normalized spacial score (nSPS) is 15.0. The minimum Gasteiger partial charge on any atom is -0.483 e. The molecule has 0 saturated carbocycles. The number of hydrogen-bond donors (Lipinski definition) is 2. The molecule has 1 fully saturated rings. The lowest BCUT2D eigenvalue weighted by molar-refractivity contribution is -0.118. The molecule has 1 saturated heterocycles. The smallest absolute Gasteiger partial charge is 0.290 e. The molecule has 0 unspecified atom stereocenters. The third-order valence-electron chi connectivity index (χ3n) is 3.67. The van der Waals surface area contributed by atoms with Crippen molar-refractivity contribution < 1.29 is 19.1 Å². The summed E-state index contributed by atoms with van der Waals surface area (Å²) in [7, 11) is 0. The number of imide groups is 1. The van der Waals surface area contributed by atoms with Gasteiger partial charge in [0.05, 0.1) is 9.38 Å². The van der Waals surface area contributed by atoms with E-state index in [0.717, 1.165) is 28.6 Å². The summed E-state index contributed by atoms with van der Waals surface area (Å²) in [6.07, 6.45) is 1.62. The Kier molecular flexibility index (Phi) is 5.98. The van der Waals surface area contributed by atoms with Crippen molar-refractivity contribution in [3.63, 3.8) is 0 Å². The van der Waals surface area contributed by atoms with Gasteiger partial charge in [-0.2, -0.15) is 0 Å². The first-order valence-corrected chi connectivity index (χ1v) is 9.56. The molecule has 0 aromatic heterocycles. The molecule has 3 rings (SSSR count). The molecule has 27 heavy (non-hydrogen) atoms. The van der Waals surface area contributed by atoms with Crippen LogP contribution in [0.25, 0.3) is 6.08 Å². The molecule has 1 heterocycles. The van der Waals surface area contributed by atoms with E-state index in [1.54, 1.807) is 24.3 Å². The molecule has 0 radical (unpaired) electrons. The lowest BCUT2D eigenvalue weighted by Gasteiger charge is -2.11. The third-order valence-corrected chi connectivity index (χ3v) is 5.10. The minimum absolute atomic E-state index is 0.139. The average molecular weight is 447 g/mol. The van der Waals surface area contributed by atoms with Crippen LogP contribution in [0.1, 0.15) is 11.1 Å². The van der Waals surface area contributed by atoms with Gasteiger partial charge in [-0.05, 0) is 70.0 Å². The number of amides is 3. The molecule has 3 amide bonds. The molecule has 0 bridgehead atoms. The van der Waals surface area contributed by atoms with Crippen molar-refractivity contribution in [1.29, 1.82) is 0 Å². The van der Waals surface area contributed by atoms with E-state index in [0.29, 0.717) is 15.1 Å². The van der Waals surface area contributed by atoms with Gasteiger partial charge >= 0.3 is 0 Å². The first kappa shape index (κ1) is 19.2. The summed E-state index contributed by atoms with van der Waals surface area (Å²) in [5, 5.41) is 4.62. The molecular formula is C19H15BrN2O4S. The second-order valence-corrected chi connectivity index (χ2v) is 7.56. The number of thioether (sulfide) groups is 1. The fourth-order valence-electron chi connectivity index (χ4n) is 2.34. The number of nitrogens with one attached hydrogen (secondary N) is 2. The van der Waals surface area contributed by atoms with Crippen molar-refractivity contribution >= 4 is 56.5 Å². The third kappa shape index (κ3) is 4.99. The minimum atomic E-state index is -0.408. The highest BCUT2D eigenvalue weighted by molar-refractivity contribution is 9.10. The van der Waals surface area contributed by atoms with Gasteiger partial charge in [-0.15, -0.1) is 0 Å². The fraction of sp³-hybridized carbons (Fsp3) is 0.105. The lowest BCUT2D eigenvalue weighted by atomic mass is 10.2. The number of carbonyl (C=O) groups is 3. The van der Waals surface area contributed by atoms with Crippen LogP contribution in [-0.2, 0) is 9.59 Å². The molecule has 1 aliphatic rings. The van der Waals surface area contributed by atoms with Crippen LogP contribution in [0.3, 0.4) is 0 Å². The van der Waals surface area contributed by atoms with Crippen molar-refractivity contribution in [2.45, 2.75) is 6.92 Å². The van der Waals surface area contributed by atoms with Gasteiger partial charge in [-0.3, -0.25) is 19.7 Å². The highest BCUT2D eigenvalue weighted by Gasteiger charge is 2.25.